The molecule has 3 aliphatic rings. The third-order valence-corrected chi connectivity index (χ3v) is 7.18. The van der Waals surface area contributed by atoms with E-state index >= 15 is 0 Å². The summed E-state index contributed by atoms with van der Waals surface area (Å²) in [5, 5.41) is 13.7. The molecule has 0 radical (unpaired) electrons. The predicted molar refractivity (Wildman–Crippen MR) is 124 cm³/mol. The van der Waals surface area contributed by atoms with Crippen molar-refractivity contribution in [3.63, 3.8) is 0 Å². The first-order valence-electron chi connectivity index (χ1n) is 11.7. The lowest BCUT2D eigenvalue weighted by molar-refractivity contribution is -0.136. The number of piperidine rings is 2. The van der Waals surface area contributed by atoms with Crippen molar-refractivity contribution in [1.82, 2.24) is 20.1 Å². The van der Waals surface area contributed by atoms with Crippen LogP contribution in [0.2, 0.25) is 0 Å². The van der Waals surface area contributed by atoms with Crippen molar-refractivity contribution in [2.75, 3.05) is 13.1 Å². The third-order valence-electron chi connectivity index (χ3n) is 7.18. The zero-order valence-corrected chi connectivity index (χ0v) is 19.2. The molecule has 10 heteroatoms. The zero-order chi connectivity index (χ0) is 24.7. The fraction of sp³-hybridized carbons (Fsp3) is 0.400. The highest BCUT2D eigenvalue weighted by atomic mass is 16.3. The molecule has 4 heterocycles. The number of pyridine rings is 1. The molecule has 4 amide bonds. The van der Waals surface area contributed by atoms with Crippen LogP contribution in [-0.2, 0) is 28.3 Å². The largest absolute Gasteiger partial charge is 0.383 e. The molecule has 10 nitrogen and oxygen atoms in total. The summed E-state index contributed by atoms with van der Waals surface area (Å²) in [6.07, 6.45) is 1.47. The highest BCUT2D eigenvalue weighted by Crippen LogP contribution is 2.34. The molecule has 2 aromatic rings. The van der Waals surface area contributed by atoms with Gasteiger partial charge in [0.2, 0.25) is 17.7 Å². The Labute approximate surface area is 202 Å². The van der Waals surface area contributed by atoms with E-state index in [4.69, 9.17) is 5.73 Å². The van der Waals surface area contributed by atoms with Gasteiger partial charge in [0.25, 0.3) is 5.91 Å². The van der Waals surface area contributed by atoms with Gasteiger partial charge >= 0.3 is 0 Å². The average molecular weight is 478 g/mol. The molecule has 0 saturated carbocycles. The molecular formula is C25H27N5O5. The van der Waals surface area contributed by atoms with Crippen LogP contribution in [0.25, 0.3) is 0 Å². The average Bonchev–Trinajstić information content (AvgIpc) is 3.16. The highest BCUT2D eigenvalue weighted by Gasteiger charge is 2.41. The van der Waals surface area contributed by atoms with Gasteiger partial charge in [0, 0.05) is 31.6 Å². The Bertz CT molecular complexity index is 1200. The van der Waals surface area contributed by atoms with Crippen LogP contribution in [-0.4, -0.2) is 62.7 Å². The summed E-state index contributed by atoms with van der Waals surface area (Å²) in [7, 11) is 0. The zero-order valence-electron chi connectivity index (χ0n) is 19.2. The lowest BCUT2D eigenvalue weighted by Gasteiger charge is -2.38. The van der Waals surface area contributed by atoms with Crippen molar-refractivity contribution in [3.8, 4) is 0 Å². The van der Waals surface area contributed by atoms with E-state index in [1.54, 1.807) is 24.3 Å². The Morgan fingerprint density at radius 2 is 1.83 bits per heavy atom. The number of nitrogens with two attached hydrogens (primary N) is 1. The second-order valence-corrected chi connectivity index (χ2v) is 9.46. The van der Waals surface area contributed by atoms with Gasteiger partial charge in [-0.2, -0.15) is 0 Å². The molecule has 1 aromatic carbocycles. The third kappa shape index (κ3) is 4.42. The van der Waals surface area contributed by atoms with Crippen LogP contribution in [0.1, 0.15) is 63.4 Å². The minimum absolute atomic E-state index is 0.178. The summed E-state index contributed by atoms with van der Waals surface area (Å²) in [5.41, 5.74) is 7.22. The molecule has 2 fully saturated rings. The molecular weight excluding hydrogens is 450 g/mol. The first-order chi connectivity index (χ1) is 16.7. The molecule has 2 saturated heterocycles. The second kappa shape index (κ2) is 8.86. The van der Waals surface area contributed by atoms with E-state index in [9.17, 15) is 24.3 Å². The van der Waals surface area contributed by atoms with Gasteiger partial charge in [-0.15, -0.1) is 0 Å². The van der Waals surface area contributed by atoms with Crippen molar-refractivity contribution in [2.24, 2.45) is 5.73 Å². The maximum atomic E-state index is 12.9. The van der Waals surface area contributed by atoms with Crippen LogP contribution in [0, 0.1) is 0 Å². The standard InChI is InChI=1S/C25H27N5O5/c26-22(32)16-3-1-15(2-4-16)13-29-11-9-25(35,10-12-29)20-7-5-17-18(27-20)14-30(24(17)34)19-6-8-21(31)28-23(19)33/h1-5,7,19,35H,6,8-14H2,(H2,26,32)(H,28,31,33). The second-order valence-electron chi connectivity index (χ2n) is 9.46. The van der Waals surface area contributed by atoms with E-state index in [2.05, 4.69) is 15.2 Å². The fourth-order valence-electron chi connectivity index (χ4n) is 5.06. The van der Waals surface area contributed by atoms with E-state index < -0.39 is 23.5 Å². The Hall–Kier alpha value is -3.63. The molecule has 1 unspecified atom stereocenters. The lowest BCUT2D eigenvalue weighted by atomic mass is 9.87. The van der Waals surface area contributed by atoms with Gasteiger partial charge < -0.3 is 15.7 Å². The Kier molecular flexibility index (Phi) is 5.86. The molecule has 0 aliphatic carbocycles. The number of rotatable bonds is 5. The quantitative estimate of drug-likeness (QED) is 0.529. The maximum Gasteiger partial charge on any atom is 0.256 e. The molecule has 0 bridgehead atoms. The summed E-state index contributed by atoms with van der Waals surface area (Å²) < 4.78 is 0. The van der Waals surface area contributed by atoms with E-state index in [-0.39, 0.29) is 24.8 Å². The van der Waals surface area contributed by atoms with Gasteiger partial charge in [-0.1, -0.05) is 12.1 Å². The number of carbonyl (C=O) groups is 4. The molecule has 1 aromatic heterocycles. The van der Waals surface area contributed by atoms with Gasteiger partial charge in [-0.05, 0) is 49.1 Å². The number of nitrogens with zero attached hydrogens (tertiary/aromatic N) is 3. The van der Waals surface area contributed by atoms with Crippen LogP contribution in [0.4, 0.5) is 0 Å². The van der Waals surface area contributed by atoms with Crippen molar-refractivity contribution < 1.29 is 24.3 Å². The summed E-state index contributed by atoms with van der Waals surface area (Å²) >= 11 is 0. The number of likely N-dealkylation sites (tertiary alicyclic amines) is 1. The molecule has 0 spiro atoms. The van der Waals surface area contributed by atoms with Crippen LogP contribution < -0.4 is 11.1 Å². The Morgan fingerprint density at radius 1 is 1.11 bits per heavy atom. The van der Waals surface area contributed by atoms with Gasteiger partial charge in [-0.25, -0.2) is 0 Å². The van der Waals surface area contributed by atoms with Crippen LogP contribution in [0.3, 0.4) is 0 Å². The Morgan fingerprint density at radius 3 is 2.49 bits per heavy atom. The van der Waals surface area contributed by atoms with Gasteiger partial charge in [0.1, 0.15) is 11.6 Å². The number of nitrogens with one attached hydrogen (secondary N) is 1. The molecule has 35 heavy (non-hydrogen) atoms. The van der Waals surface area contributed by atoms with Gasteiger partial charge in [-0.3, -0.25) is 34.4 Å². The smallest absolute Gasteiger partial charge is 0.256 e. The van der Waals surface area contributed by atoms with Crippen LogP contribution in [0.5, 0.6) is 0 Å². The highest BCUT2D eigenvalue weighted by molar-refractivity contribution is 6.05. The SMILES string of the molecule is NC(=O)c1ccc(CN2CCC(O)(c3ccc4c(n3)CN(C3CCC(=O)NC3=O)C4=O)CC2)cc1. The van der Waals surface area contributed by atoms with Crippen LogP contribution in [0.15, 0.2) is 36.4 Å². The number of amides is 4. The van der Waals surface area contributed by atoms with Crippen molar-refractivity contribution >= 4 is 23.6 Å². The number of hydrogen-bond donors (Lipinski definition) is 3. The Balaban J connectivity index is 1.24. The number of carbonyl (C=O) groups excluding carboxylic acids is 4. The minimum Gasteiger partial charge on any atom is -0.383 e. The molecule has 4 N–H and O–H groups in total. The van der Waals surface area contributed by atoms with E-state index in [1.165, 1.54) is 4.90 Å². The summed E-state index contributed by atoms with van der Waals surface area (Å²) in [6, 6.07) is 9.88. The predicted octanol–water partition coefficient (Wildman–Crippen LogP) is 0.425. The maximum absolute atomic E-state index is 12.9. The number of hydrogen-bond acceptors (Lipinski definition) is 7. The molecule has 182 valence electrons. The fourth-order valence-corrected chi connectivity index (χ4v) is 5.06. The monoisotopic (exact) mass is 477 g/mol. The number of aromatic nitrogens is 1. The number of aliphatic hydroxyl groups is 1. The van der Waals surface area contributed by atoms with Crippen LogP contribution >= 0.6 is 0 Å². The van der Waals surface area contributed by atoms with E-state index in [1.807, 2.05) is 12.1 Å². The molecule has 5 rings (SSSR count). The summed E-state index contributed by atoms with van der Waals surface area (Å²) in [4.78, 5) is 56.2. The molecule has 1 atom stereocenters. The number of fused-ring (bicyclic) bond motifs is 1. The summed E-state index contributed by atoms with van der Waals surface area (Å²) in [5.74, 6) is -1.52. The molecule has 3 aliphatic heterocycles. The first kappa shape index (κ1) is 23.1. The topological polar surface area (TPSA) is 146 Å². The van der Waals surface area contributed by atoms with Crippen molar-refractivity contribution in [1.29, 1.82) is 0 Å². The summed E-state index contributed by atoms with van der Waals surface area (Å²) in [6.45, 7) is 2.20. The minimum atomic E-state index is -1.10. The normalized spacial score (nSPS) is 22.1. The van der Waals surface area contributed by atoms with Gasteiger partial charge in [0.05, 0.1) is 23.5 Å². The van der Waals surface area contributed by atoms with E-state index in [0.717, 1.165) is 5.56 Å². The number of imide groups is 1. The first-order valence-corrected chi connectivity index (χ1v) is 11.7. The van der Waals surface area contributed by atoms with Crippen molar-refractivity contribution in [3.05, 3.63) is 64.5 Å². The van der Waals surface area contributed by atoms with E-state index in [0.29, 0.717) is 61.4 Å². The van der Waals surface area contributed by atoms with Gasteiger partial charge in [0.15, 0.2) is 0 Å². The number of benzene rings is 1. The van der Waals surface area contributed by atoms with Crippen molar-refractivity contribution in [2.45, 2.75) is 50.4 Å². The lowest BCUT2D eigenvalue weighted by Crippen LogP contribution is -2.52. The number of primary amides is 1.